The first kappa shape index (κ1) is 20.3. The summed E-state index contributed by atoms with van der Waals surface area (Å²) in [5, 5.41) is 27.2. The van der Waals surface area contributed by atoms with E-state index < -0.39 is 12.2 Å². The summed E-state index contributed by atoms with van der Waals surface area (Å²) in [7, 11) is 1.76. The number of hydrogen-bond acceptors (Lipinski definition) is 7. The molecule has 2 atom stereocenters. The first-order valence-electron chi connectivity index (χ1n) is 9.83. The second kappa shape index (κ2) is 8.02. The van der Waals surface area contributed by atoms with Crippen molar-refractivity contribution in [2.45, 2.75) is 25.9 Å². The summed E-state index contributed by atoms with van der Waals surface area (Å²) in [5.74, 6) is -0.569. The number of rotatable bonds is 4. The van der Waals surface area contributed by atoms with Gasteiger partial charge in [0.25, 0.3) is 5.91 Å². The lowest BCUT2D eigenvalue weighted by Gasteiger charge is -2.32. The summed E-state index contributed by atoms with van der Waals surface area (Å²) in [6, 6.07) is 5.78. The van der Waals surface area contributed by atoms with Gasteiger partial charge in [-0.1, -0.05) is 0 Å². The van der Waals surface area contributed by atoms with Crippen LogP contribution in [-0.2, 0) is 19.5 Å². The Kier molecular flexibility index (Phi) is 5.42. The van der Waals surface area contributed by atoms with E-state index >= 15 is 0 Å². The Bertz CT molecular complexity index is 1020. The van der Waals surface area contributed by atoms with Gasteiger partial charge in [-0.2, -0.15) is 10.4 Å². The molecular formula is C20H24FN7O2. The van der Waals surface area contributed by atoms with Gasteiger partial charge in [0.05, 0.1) is 11.3 Å². The highest BCUT2D eigenvalue weighted by atomic mass is 19.1. The van der Waals surface area contributed by atoms with Crippen molar-refractivity contribution in [1.29, 1.82) is 5.26 Å². The average molecular weight is 413 g/mol. The molecule has 2 aliphatic heterocycles. The monoisotopic (exact) mass is 413 g/mol. The van der Waals surface area contributed by atoms with E-state index in [1.54, 1.807) is 27.6 Å². The molecule has 2 aromatic rings. The number of halogens is 1. The van der Waals surface area contributed by atoms with Crippen LogP contribution in [0.15, 0.2) is 18.2 Å². The molecule has 30 heavy (non-hydrogen) atoms. The van der Waals surface area contributed by atoms with Crippen LogP contribution in [0, 0.1) is 23.1 Å². The summed E-state index contributed by atoms with van der Waals surface area (Å²) in [4.78, 5) is 16.4. The lowest BCUT2D eigenvalue weighted by Crippen LogP contribution is -2.44. The van der Waals surface area contributed by atoms with Crippen molar-refractivity contribution in [2.75, 3.05) is 32.0 Å². The number of nitrogens with zero attached hydrogens (tertiary/aromatic N) is 5. The number of aliphatic hydroxyl groups is 1. The normalized spacial score (nSPS) is 20.2. The SMILES string of the molecule is CN1CC(CN)Cn2nc3c(c2C1=O)CN(C(O)Nc1ccc(F)c(C#N)c1)CC3. The molecule has 4 N–H and O–H groups in total. The molecule has 0 spiro atoms. The summed E-state index contributed by atoms with van der Waals surface area (Å²) in [5.41, 5.74) is 8.41. The molecule has 2 unspecified atom stereocenters. The maximum atomic E-state index is 13.5. The van der Waals surface area contributed by atoms with Gasteiger partial charge in [-0.3, -0.25) is 14.4 Å². The first-order valence-corrected chi connectivity index (χ1v) is 9.83. The lowest BCUT2D eigenvalue weighted by atomic mass is 10.0. The van der Waals surface area contributed by atoms with Crippen LogP contribution in [0.5, 0.6) is 0 Å². The average Bonchev–Trinajstić information content (AvgIpc) is 3.04. The molecule has 10 heteroatoms. The van der Waals surface area contributed by atoms with Gasteiger partial charge < -0.3 is 21.1 Å². The van der Waals surface area contributed by atoms with E-state index in [1.807, 2.05) is 0 Å². The molecular weight excluding hydrogens is 389 g/mol. The van der Waals surface area contributed by atoms with Crippen molar-refractivity contribution in [3.05, 3.63) is 46.5 Å². The number of nitrogens with one attached hydrogen (secondary N) is 1. The van der Waals surface area contributed by atoms with Crippen LogP contribution in [0.1, 0.15) is 27.3 Å². The second-order valence-electron chi connectivity index (χ2n) is 7.79. The highest BCUT2D eigenvalue weighted by Gasteiger charge is 2.34. The number of nitrogens with two attached hydrogens (primary N) is 1. The van der Waals surface area contributed by atoms with E-state index in [9.17, 15) is 14.3 Å². The lowest BCUT2D eigenvalue weighted by molar-refractivity contribution is 0.0159. The molecule has 0 aliphatic carbocycles. The number of anilines is 1. The van der Waals surface area contributed by atoms with Gasteiger partial charge in [0.1, 0.15) is 17.6 Å². The van der Waals surface area contributed by atoms with Crippen molar-refractivity contribution < 1.29 is 14.3 Å². The third kappa shape index (κ3) is 3.63. The highest BCUT2D eigenvalue weighted by molar-refractivity contribution is 5.94. The number of carbonyl (C=O) groups is 1. The molecule has 1 aromatic carbocycles. The zero-order valence-electron chi connectivity index (χ0n) is 16.7. The van der Waals surface area contributed by atoms with E-state index in [4.69, 9.17) is 11.0 Å². The standard InChI is InChI=1S/C20H24FN7O2/c1-26-9-12(7-22)10-28-18(19(26)29)15-11-27(5-4-17(15)25-28)20(30)24-14-2-3-16(21)13(6-14)8-23/h2-3,6,12,20,24,30H,4-5,7,9-11,22H2,1H3. The second-order valence-corrected chi connectivity index (χ2v) is 7.79. The van der Waals surface area contributed by atoms with E-state index in [0.717, 1.165) is 11.3 Å². The predicted octanol–water partition coefficient (Wildman–Crippen LogP) is 0.300. The topological polar surface area (TPSA) is 123 Å². The van der Waals surface area contributed by atoms with Crippen LogP contribution in [-0.4, -0.2) is 63.6 Å². The number of aliphatic hydroxyl groups excluding tert-OH is 1. The molecule has 0 fully saturated rings. The fourth-order valence-electron chi connectivity index (χ4n) is 4.07. The number of nitriles is 1. The summed E-state index contributed by atoms with van der Waals surface area (Å²) >= 11 is 0. The van der Waals surface area contributed by atoms with Gasteiger partial charge in [-0.05, 0) is 24.7 Å². The summed E-state index contributed by atoms with van der Waals surface area (Å²) in [6.07, 6.45) is -0.480. The molecule has 4 rings (SSSR count). The van der Waals surface area contributed by atoms with E-state index in [2.05, 4.69) is 10.4 Å². The molecule has 3 heterocycles. The molecule has 1 aromatic heterocycles. The van der Waals surface area contributed by atoms with Crippen molar-refractivity contribution in [1.82, 2.24) is 19.6 Å². The fourth-order valence-corrected chi connectivity index (χ4v) is 4.07. The molecule has 0 radical (unpaired) electrons. The van der Waals surface area contributed by atoms with Crippen molar-refractivity contribution in [3.8, 4) is 6.07 Å². The Morgan fingerprint density at radius 2 is 2.27 bits per heavy atom. The van der Waals surface area contributed by atoms with Crippen LogP contribution in [0.2, 0.25) is 0 Å². The Labute approximate surface area is 173 Å². The molecule has 1 amide bonds. The van der Waals surface area contributed by atoms with Crippen LogP contribution >= 0.6 is 0 Å². The number of benzene rings is 1. The predicted molar refractivity (Wildman–Crippen MR) is 107 cm³/mol. The van der Waals surface area contributed by atoms with Crippen LogP contribution in [0.3, 0.4) is 0 Å². The third-order valence-electron chi connectivity index (χ3n) is 5.71. The smallest absolute Gasteiger partial charge is 0.272 e. The van der Waals surface area contributed by atoms with Gasteiger partial charge in [0.2, 0.25) is 0 Å². The number of aromatic nitrogens is 2. The van der Waals surface area contributed by atoms with Crippen LogP contribution in [0.4, 0.5) is 10.1 Å². The van der Waals surface area contributed by atoms with Gasteiger partial charge in [0, 0.05) is 56.8 Å². The third-order valence-corrected chi connectivity index (χ3v) is 5.71. The molecule has 0 saturated heterocycles. The minimum absolute atomic E-state index is 0.0961. The zero-order chi connectivity index (χ0) is 21.4. The Morgan fingerprint density at radius 3 is 3.00 bits per heavy atom. The molecule has 0 saturated carbocycles. The van der Waals surface area contributed by atoms with Crippen molar-refractivity contribution in [2.24, 2.45) is 11.7 Å². The van der Waals surface area contributed by atoms with Crippen molar-refractivity contribution >= 4 is 11.6 Å². The summed E-state index contributed by atoms with van der Waals surface area (Å²) in [6.45, 7) is 2.51. The number of carbonyl (C=O) groups excluding carboxylic acids is 1. The van der Waals surface area contributed by atoms with Gasteiger partial charge in [-0.15, -0.1) is 0 Å². The van der Waals surface area contributed by atoms with Gasteiger partial charge in [0.15, 0.2) is 6.35 Å². The van der Waals surface area contributed by atoms with E-state index in [-0.39, 0.29) is 17.4 Å². The number of amides is 1. The maximum absolute atomic E-state index is 13.5. The molecule has 0 bridgehead atoms. The minimum atomic E-state index is -1.07. The van der Waals surface area contributed by atoms with E-state index in [0.29, 0.717) is 50.5 Å². The summed E-state index contributed by atoms with van der Waals surface area (Å²) < 4.78 is 15.3. The first-order chi connectivity index (χ1) is 14.4. The highest BCUT2D eigenvalue weighted by Crippen LogP contribution is 2.27. The van der Waals surface area contributed by atoms with Gasteiger partial charge in [-0.25, -0.2) is 4.39 Å². The zero-order valence-corrected chi connectivity index (χ0v) is 16.7. The Hall–Kier alpha value is -3.00. The fraction of sp³-hybridized carbons (Fsp3) is 0.450. The molecule has 158 valence electrons. The minimum Gasteiger partial charge on any atom is -0.361 e. The van der Waals surface area contributed by atoms with Crippen LogP contribution < -0.4 is 11.1 Å². The van der Waals surface area contributed by atoms with Gasteiger partial charge >= 0.3 is 0 Å². The molecule has 9 nitrogen and oxygen atoms in total. The van der Waals surface area contributed by atoms with Crippen molar-refractivity contribution in [3.63, 3.8) is 0 Å². The number of hydrogen-bond donors (Lipinski definition) is 3. The molecule has 2 aliphatic rings. The largest absolute Gasteiger partial charge is 0.361 e. The number of fused-ring (bicyclic) bond motifs is 3. The Balaban J connectivity index is 1.56. The quantitative estimate of drug-likeness (QED) is 0.616. The van der Waals surface area contributed by atoms with E-state index in [1.165, 1.54) is 18.2 Å². The Morgan fingerprint density at radius 1 is 1.47 bits per heavy atom. The maximum Gasteiger partial charge on any atom is 0.272 e. The van der Waals surface area contributed by atoms with Crippen LogP contribution in [0.25, 0.3) is 0 Å².